The minimum Gasteiger partial charge on any atom is -0.377 e. The van der Waals surface area contributed by atoms with Crippen LogP contribution in [0.25, 0.3) is 0 Å². The summed E-state index contributed by atoms with van der Waals surface area (Å²) in [5.74, 6) is -1.52. The lowest BCUT2D eigenvalue weighted by molar-refractivity contribution is 0.100. The Morgan fingerprint density at radius 3 is 2.47 bits per heavy atom. The summed E-state index contributed by atoms with van der Waals surface area (Å²) in [6, 6.07) is 8.29. The first-order valence-corrected chi connectivity index (χ1v) is 4.50. The maximum absolute atomic E-state index is 13.2. The van der Waals surface area contributed by atoms with E-state index >= 15 is 0 Å². The van der Waals surface area contributed by atoms with Gasteiger partial charge in [0.25, 0.3) is 0 Å². The van der Waals surface area contributed by atoms with E-state index in [0.717, 1.165) is 0 Å². The van der Waals surface area contributed by atoms with Crippen LogP contribution in [0.4, 0.5) is 4.39 Å². The number of ketones is 1. The molecule has 0 aliphatic heterocycles. The summed E-state index contributed by atoms with van der Waals surface area (Å²) < 4.78 is 13.2. The Morgan fingerprint density at radius 2 is 1.93 bits per heavy atom. The lowest BCUT2D eigenvalue weighted by Gasteiger charge is -1.99. The lowest BCUT2D eigenvalue weighted by Crippen LogP contribution is -2.01. The molecule has 0 aliphatic carbocycles. The highest BCUT2D eigenvalue weighted by Gasteiger charge is 2.09. The van der Waals surface area contributed by atoms with Gasteiger partial charge >= 0.3 is 0 Å². The smallest absolute Gasteiger partial charge is 0.229 e. The van der Waals surface area contributed by atoms with Gasteiger partial charge in [-0.15, -0.1) is 0 Å². The molecule has 0 fully saturated rings. The highest BCUT2D eigenvalue weighted by atomic mass is 19.1. The van der Waals surface area contributed by atoms with Gasteiger partial charge in [-0.3, -0.25) is 4.79 Å². The fraction of sp³-hybridized carbons (Fsp3) is 0.167. The number of halogens is 1. The van der Waals surface area contributed by atoms with Gasteiger partial charge in [-0.25, -0.2) is 0 Å². The highest BCUT2D eigenvalue weighted by molar-refractivity contribution is 6.06. The monoisotopic (exact) mass is 205 g/mol. The van der Waals surface area contributed by atoms with Crippen LogP contribution in [0.2, 0.25) is 0 Å². The fourth-order valence-corrected chi connectivity index (χ4v) is 0.968. The van der Waals surface area contributed by atoms with Crippen molar-refractivity contribution in [3.8, 4) is 0 Å². The standard InChI is InChI=1S/C12H12FNO/c1-14(2)9-8-11(13)12(15)10-6-4-3-5-7-10/h3-7,9H,1-2H3. The van der Waals surface area contributed by atoms with E-state index in [2.05, 4.69) is 5.73 Å². The Balaban J connectivity index is 2.92. The molecule has 0 aliphatic rings. The summed E-state index contributed by atoms with van der Waals surface area (Å²) in [5, 5.41) is 0. The molecule has 0 radical (unpaired) electrons. The van der Waals surface area contributed by atoms with Crippen LogP contribution in [0.3, 0.4) is 0 Å². The largest absolute Gasteiger partial charge is 0.377 e. The molecule has 78 valence electrons. The quantitative estimate of drug-likeness (QED) is 0.429. The van der Waals surface area contributed by atoms with Crippen molar-refractivity contribution in [2.75, 3.05) is 14.1 Å². The van der Waals surface area contributed by atoms with E-state index in [9.17, 15) is 9.18 Å². The van der Waals surface area contributed by atoms with Crippen LogP contribution in [0.1, 0.15) is 10.4 Å². The Kier molecular flexibility index (Phi) is 3.83. The third-order valence-corrected chi connectivity index (χ3v) is 1.68. The molecule has 0 N–H and O–H groups in total. The SMILES string of the molecule is CN(C)C=C=C(F)C(=O)c1ccccc1. The van der Waals surface area contributed by atoms with E-state index in [4.69, 9.17) is 0 Å². The average molecular weight is 205 g/mol. The van der Waals surface area contributed by atoms with Gasteiger partial charge in [0.1, 0.15) is 0 Å². The van der Waals surface area contributed by atoms with Crippen molar-refractivity contribution in [2.45, 2.75) is 0 Å². The van der Waals surface area contributed by atoms with E-state index in [1.807, 2.05) is 0 Å². The molecule has 0 heterocycles. The van der Waals surface area contributed by atoms with Gasteiger partial charge in [0, 0.05) is 25.9 Å². The van der Waals surface area contributed by atoms with Gasteiger partial charge < -0.3 is 4.90 Å². The van der Waals surface area contributed by atoms with Crippen molar-refractivity contribution >= 4 is 5.78 Å². The van der Waals surface area contributed by atoms with Crippen LogP contribution in [-0.2, 0) is 0 Å². The molecule has 1 rings (SSSR count). The van der Waals surface area contributed by atoms with Crippen LogP contribution in [0.5, 0.6) is 0 Å². The van der Waals surface area contributed by atoms with Gasteiger partial charge in [-0.2, -0.15) is 4.39 Å². The third kappa shape index (κ3) is 3.41. The van der Waals surface area contributed by atoms with Crippen molar-refractivity contribution in [3.05, 3.63) is 53.7 Å². The number of hydrogen-bond acceptors (Lipinski definition) is 2. The van der Waals surface area contributed by atoms with E-state index in [-0.39, 0.29) is 0 Å². The molecular weight excluding hydrogens is 193 g/mol. The zero-order valence-electron chi connectivity index (χ0n) is 8.70. The molecule has 1 aromatic carbocycles. The summed E-state index contributed by atoms with van der Waals surface area (Å²) in [7, 11) is 3.46. The van der Waals surface area contributed by atoms with Gasteiger partial charge in [-0.05, 0) is 0 Å². The van der Waals surface area contributed by atoms with E-state index < -0.39 is 11.6 Å². The summed E-state index contributed by atoms with van der Waals surface area (Å²) in [6.45, 7) is 0. The maximum Gasteiger partial charge on any atom is 0.229 e. The number of nitrogens with zero attached hydrogens (tertiary/aromatic N) is 1. The maximum atomic E-state index is 13.2. The van der Waals surface area contributed by atoms with Crippen molar-refractivity contribution in [1.82, 2.24) is 4.90 Å². The Labute approximate surface area is 88.3 Å². The zero-order chi connectivity index (χ0) is 11.3. The molecule has 0 aromatic heterocycles. The number of allylic oxidation sites excluding steroid dienone is 1. The van der Waals surface area contributed by atoms with Gasteiger partial charge in [0.05, 0.1) is 0 Å². The second-order valence-corrected chi connectivity index (χ2v) is 3.25. The van der Waals surface area contributed by atoms with Crippen molar-refractivity contribution < 1.29 is 9.18 Å². The van der Waals surface area contributed by atoms with E-state index in [0.29, 0.717) is 5.56 Å². The average Bonchev–Trinajstić information content (AvgIpc) is 2.26. The van der Waals surface area contributed by atoms with E-state index in [1.165, 1.54) is 6.20 Å². The molecule has 0 bridgehead atoms. The highest BCUT2D eigenvalue weighted by Crippen LogP contribution is 2.07. The van der Waals surface area contributed by atoms with Gasteiger partial charge in [0.15, 0.2) is 0 Å². The minimum absolute atomic E-state index is 0.328. The normalized spacial score (nSPS) is 9.00. The molecule has 0 saturated carbocycles. The number of benzene rings is 1. The van der Waals surface area contributed by atoms with Crippen LogP contribution in [0.15, 0.2) is 48.1 Å². The zero-order valence-corrected chi connectivity index (χ0v) is 8.70. The first kappa shape index (κ1) is 11.2. The number of hydrogen-bond donors (Lipinski definition) is 0. The molecule has 2 nitrogen and oxygen atoms in total. The van der Waals surface area contributed by atoms with Crippen LogP contribution in [-0.4, -0.2) is 24.8 Å². The molecule has 0 atom stereocenters. The number of carbonyl (C=O) groups is 1. The third-order valence-electron chi connectivity index (χ3n) is 1.68. The van der Waals surface area contributed by atoms with Gasteiger partial charge in [0.2, 0.25) is 11.6 Å². The second kappa shape index (κ2) is 5.13. The predicted octanol–water partition coefficient (Wildman–Crippen LogP) is 2.40. The Hall–Kier alpha value is -1.86. The molecule has 0 unspecified atom stereocenters. The Bertz CT molecular complexity index is 403. The number of carbonyl (C=O) groups excluding carboxylic acids is 1. The Morgan fingerprint density at radius 1 is 1.33 bits per heavy atom. The minimum atomic E-state index is -0.880. The summed E-state index contributed by atoms with van der Waals surface area (Å²) in [6.07, 6.45) is 1.37. The molecular formula is C12H12FNO. The predicted molar refractivity (Wildman–Crippen MR) is 57.2 cm³/mol. The summed E-state index contributed by atoms with van der Waals surface area (Å²) in [5.41, 5.74) is 2.61. The fourth-order valence-electron chi connectivity index (χ4n) is 0.968. The molecule has 0 spiro atoms. The summed E-state index contributed by atoms with van der Waals surface area (Å²) >= 11 is 0. The molecule has 15 heavy (non-hydrogen) atoms. The molecule has 3 heteroatoms. The van der Waals surface area contributed by atoms with Crippen molar-refractivity contribution in [3.63, 3.8) is 0 Å². The van der Waals surface area contributed by atoms with Gasteiger partial charge in [-0.1, -0.05) is 36.1 Å². The topological polar surface area (TPSA) is 20.3 Å². The van der Waals surface area contributed by atoms with Crippen molar-refractivity contribution in [1.29, 1.82) is 0 Å². The van der Waals surface area contributed by atoms with Crippen LogP contribution >= 0.6 is 0 Å². The lowest BCUT2D eigenvalue weighted by atomic mass is 10.1. The van der Waals surface area contributed by atoms with Crippen LogP contribution in [0, 0.1) is 0 Å². The summed E-state index contributed by atoms with van der Waals surface area (Å²) in [4.78, 5) is 13.1. The van der Waals surface area contributed by atoms with Crippen LogP contribution < -0.4 is 0 Å². The molecule has 0 saturated heterocycles. The second-order valence-electron chi connectivity index (χ2n) is 3.25. The van der Waals surface area contributed by atoms with Crippen molar-refractivity contribution in [2.24, 2.45) is 0 Å². The number of Topliss-reactive ketones (excluding diaryl/α,β-unsaturated/α-hetero) is 1. The first-order valence-electron chi connectivity index (χ1n) is 4.50. The number of rotatable bonds is 3. The molecule has 0 amide bonds. The molecule has 1 aromatic rings. The van der Waals surface area contributed by atoms with E-state index in [1.54, 1.807) is 49.3 Å². The first-order chi connectivity index (χ1) is 7.11.